The standard InChI is InChI=1S/C16H14ClNO3S/c1-10-3-6-13(7-4-10)22(19,20)18-16-11(2)14-9-12(17)5-8-15(14)21-16/h3-9,16,18H,2H2,1H3. The minimum absolute atomic E-state index is 0.184. The average molecular weight is 336 g/mol. The van der Waals surface area contributed by atoms with Crippen LogP contribution in [-0.2, 0) is 10.0 Å². The first-order valence-corrected chi connectivity index (χ1v) is 8.47. The van der Waals surface area contributed by atoms with Crippen molar-refractivity contribution in [2.75, 3.05) is 0 Å². The molecule has 6 heteroatoms. The molecule has 0 saturated carbocycles. The van der Waals surface area contributed by atoms with Gasteiger partial charge in [0.15, 0.2) is 6.23 Å². The quantitative estimate of drug-likeness (QED) is 0.935. The summed E-state index contributed by atoms with van der Waals surface area (Å²) in [6, 6.07) is 11.7. The number of sulfonamides is 1. The molecule has 22 heavy (non-hydrogen) atoms. The molecule has 1 unspecified atom stereocenters. The molecule has 0 radical (unpaired) electrons. The van der Waals surface area contributed by atoms with E-state index in [0.717, 1.165) is 5.56 Å². The molecule has 0 spiro atoms. The summed E-state index contributed by atoms with van der Waals surface area (Å²) in [6.07, 6.45) is -0.834. The lowest BCUT2D eigenvalue weighted by molar-refractivity contribution is 0.265. The zero-order chi connectivity index (χ0) is 15.9. The van der Waals surface area contributed by atoms with Crippen molar-refractivity contribution in [3.63, 3.8) is 0 Å². The Morgan fingerprint density at radius 2 is 1.86 bits per heavy atom. The fourth-order valence-corrected chi connectivity index (χ4v) is 3.49. The third-order valence-electron chi connectivity index (χ3n) is 3.44. The second kappa shape index (κ2) is 5.43. The minimum Gasteiger partial charge on any atom is -0.469 e. The number of aryl methyl sites for hydroxylation is 1. The van der Waals surface area contributed by atoms with Gasteiger partial charge in [-0.2, -0.15) is 4.72 Å². The van der Waals surface area contributed by atoms with Crippen molar-refractivity contribution in [1.29, 1.82) is 0 Å². The van der Waals surface area contributed by atoms with Crippen LogP contribution in [0, 0.1) is 6.92 Å². The van der Waals surface area contributed by atoms with Gasteiger partial charge in [-0.25, -0.2) is 8.42 Å². The molecule has 114 valence electrons. The third kappa shape index (κ3) is 2.75. The van der Waals surface area contributed by atoms with Gasteiger partial charge < -0.3 is 4.74 Å². The maximum Gasteiger partial charge on any atom is 0.243 e. The highest BCUT2D eigenvalue weighted by atomic mass is 35.5. The van der Waals surface area contributed by atoms with E-state index in [9.17, 15) is 8.42 Å². The van der Waals surface area contributed by atoms with Gasteiger partial charge in [0, 0.05) is 16.2 Å². The second-order valence-corrected chi connectivity index (χ2v) is 7.25. The van der Waals surface area contributed by atoms with Gasteiger partial charge in [0.1, 0.15) is 5.75 Å². The predicted molar refractivity (Wildman–Crippen MR) is 86.4 cm³/mol. The highest BCUT2D eigenvalue weighted by molar-refractivity contribution is 7.89. The van der Waals surface area contributed by atoms with Crippen molar-refractivity contribution in [3.05, 3.63) is 65.2 Å². The maximum atomic E-state index is 12.4. The van der Waals surface area contributed by atoms with Crippen LogP contribution in [0.4, 0.5) is 0 Å². The van der Waals surface area contributed by atoms with Crippen LogP contribution in [0.3, 0.4) is 0 Å². The van der Waals surface area contributed by atoms with Crippen LogP contribution >= 0.6 is 11.6 Å². The summed E-state index contributed by atoms with van der Waals surface area (Å²) < 4.78 is 32.9. The van der Waals surface area contributed by atoms with Gasteiger partial charge in [-0.05, 0) is 37.3 Å². The van der Waals surface area contributed by atoms with Gasteiger partial charge in [-0.15, -0.1) is 0 Å². The van der Waals surface area contributed by atoms with Crippen LogP contribution in [0.25, 0.3) is 5.57 Å². The molecule has 4 nitrogen and oxygen atoms in total. The molecular weight excluding hydrogens is 322 g/mol. The summed E-state index contributed by atoms with van der Waals surface area (Å²) in [4.78, 5) is 0.184. The summed E-state index contributed by atoms with van der Waals surface area (Å²) in [6.45, 7) is 5.79. The molecule has 0 saturated heterocycles. The van der Waals surface area contributed by atoms with Crippen molar-refractivity contribution in [1.82, 2.24) is 4.72 Å². The Labute approximate surface area is 134 Å². The first-order valence-electron chi connectivity index (χ1n) is 6.61. The molecule has 1 atom stereocenters. The van der Waals surface area contributed by atoms with E-state index in [4.69, 9.17) is 16.3 Å². The molecule has 2 aromatic rings. The van der Waals surface area contributed by atoms with Gasteiger partial charge in [-0.3, -0.25) is 0 Å². The van der Waals surface area contributed by atoms with Crippen molar-refractivity contribution >= 4 is 27.2 Å². The van der Waals surface area contributed by atoms with Crippen LogP contribution in [0.1, 0.15) is 11.1 Å². The Hall–Kier alpha value is -1.82. The fraction of sp³-hybridized carbons (Fsp3) is 0.125. The molecule has 1 aliphatic rings. The van der Waals surface area contributed by atoms with Crippen molar-refractivity contribution in [3.8, 4) is 5.75 Å². The van der Waals surface area contributed by atoms with E-state index in [2.05, 4.69) is 11.3 Å². The fourth-order valence-electron chi connectivity index (χ4n) is 2.22. The van der Waals surface area contributed by atoms with E-state index >= 15 is 0 Å². The lowest BCUT2D eigenvalue weighted by atomic mass is 10.1. The molecule has 0 aliphatic carbocycles. The van der Waals surface area contributed by atoms with Crippen molar-refractivity contribution in [2.24, 2.45) is 0 Å². The van der Waals surface area contributed by atoms with E-state index in [0.29, 0.717) is 21.9 Å². The van der Waals surface area contributed by atoms with E-state index in [1.165, 1.54) is 0 Å². The van der Waals surface area contributed by atoms with Crippen LogP contribution in [-0.4, -0.2) is 14.6 Å². The highest BCUT2D eigenvalue weighted by Crippen LogP contribution is 2.37. The Bertz CT molecular complexity index is 844. The number of hydrogen-bond donors (Lipinski definition) is 1. The Morgan fingerprint density at radius 1 is 1.18 bits per heavy atom. The summed E-state index contributed by atoms with van der Waals surface area (Å²) in [7, 11) is -3.69. The van der Waals surface area contributed by atoms with Gasteiger partial charge in [-0.1, -0.05) is 35.9 Å². The first kappa shape index (κ1) is 15.1. The molecule has 1 N–H and O–H groups in total. The Kier molecular flexibility index (Phi) is 3.72. The van der Waals surface area contributed by atoms with E-state index < -0.39 is 16.3 Å². The largest absolute Gasteiger partial charge is 0.469 e. The lowest BCUT2D eigenvalue weighted by Crippen LogP contribution is -2.37. The smallest absolute Gasteiger partial charge is 0.243 e. The van der Waals surface area contributed by atoms with Crippen LogP contribution < -0.4 is 9.46 Å². The van der Waals surface area contributed by atoms with E-state index in [1.54, 1.807) is 42.5 Å². The number of fused-ring (bicyclic) bond motifs is 1. The molecular formula is C16H14ClNO3S. The van der Waals surface area contributed by atoms with Gasteiger partial charge in [0.25, 0.3) is 0 Å². The number of ether oxygens (including phenoxy) is 1. The molecule has 0 aromatic heterocycles. The number of nitrogens with one attached hydrogen (secondary N) is 1. The number of hydrogen-bond acceptors (Lipinski definition) is 3. The van der Waals surface area contributed by atoms with Gasteiger partial charge >= 0.3 is 0 Å². The first-order chi connectivity index (χ1) is 10.4. The van der Waals surface area contributed by atoms with E-state index in [-0.39, 0.29) is 4.90 Å². The minimum atomic E-state index is -3.69. The Morgan fingerprint density at radius 3 is 2.55 bits per heavy atom. The number of benzene rings is 2. The SMILES string of the molecule is C=C1c2cc(Cl)ccc2OC1NS(=O)(=O)c1ccc(C)cc1. The van der Waals surface area contributed by atoms with Crippen molar-refractivity contribution in [2.45, 2.75) is 18.0 Å². The van der Waals surface area contributed by atoms with Crippen LogP contribution in [0.5, 0.6) is 5.75 Å². The van der Waals surface area contributed by atoms with Gasteiger partial charge in [0.2, 0.25) is 10.0 Å². The van der Waals surface area contributed by atoms with E-state index in [1.807, 2.05) is 6.92 Å². The maximum absolute atomic E-state index is 12.4. The van der Waals surface area contributed by atoms with Crippen molar-refractivity contribution < 1.29 is 13.2 Å². The molecule has 0 fully saturated rings. The van der Waals surface area contributed by atoms with Crippen LogP contribution in [0.15, 0.2) is 53.9 Å². The molecule has 0 amide bonds. The average Bonchev–Trinajstić information content (AvgIpc) is 2.75. The summed E-state index contributed by atoms with van der Waals surface area (Å²) in [5, 5.41) is 0.547. The molecule has 3 rings (SSSR count). The lowest BCUT2D eigenvalue weighted by Gasteiger charge is -2.14. The molecule has 1 heterocycles. The number of rotatable bonds is 3. The zero-order valence-corrected chi connectivity index (χ0v) is 13.4. The highest BCUT2D eigenvalue weighted by Gasteiger charge is 2.31. The Balaban J connectivity index is 1.85. The number of halogens is 1. The molecule has 2 aromatic carbocycles. The third-order valence-corrected chi connectivity index (χ3v) is 5.09. The normalized spacial score (nSPS) is 17.2. The topological polar surface area (TPSA) is 55.4 Å². The van der Waals surface area contributed by atoms with Crippen LogP contribution in [0.2, 0.25) is 5.02 Å². The summed E-state index contributed by atoms with van der Waals surface area (Å²) in [5.41, 5.74) is 2.24. The predicted octanol–water partition coefficient (Wildman–Crippen LogP) is 3.36. The molecule has 0 bridgehead atoms. The second-order valence-electron chi connectivity index (χ2n) is 5.10. The monoisotopic (exact) mass is 335 g/mol. The molecule has 1 aliphatic heterocycles. The summed E-state index contributed by atoms with van der Waals surface area (Å²) in [5.74, 6) is 0.561. The summed E-state index contributed by atoms with van der Waals surface area (Å²) >= 11 is 5.94. The van der Waals surface area contributed by atoms with Gasteiger partial charge in [0.05, 0.1) is 4.90 Å². The zero-order valence-electron chi connectivity index (χ0n) is 11.8.